The standard InChI is InChI=1S/C17H21N3O3/c1-22-15-7-6-13(11-16(15)23-2)14-5-3-10-20(14)17(21)12-19-9-4-8-18-19/h4,6-9,11,14H,3,5,10,12H2,1-2H3/t14-/m1/s1. The Bertz CT molecular complexity index is 670. The Morgan fingerprint density at radius 1 is 1.30 bits per heavy atom. The molecule has 6 nitrogen and oxygen atoms in total. The Labute approximate surface area is 135 Å². The topological polar surface area (TPSA) is 56.6 Å². The summed E-state index contributed by atoms with van der Waals surface area (Å²) in [4.78, 5) is 14.5. The lowest BCUT2D eigenvalue weighted by Crippen LogP contribution is -2.33. The van der Waals surface area contributed by atoms with E-state index in [4.69, 9.17) is 9.47 Å². The molecule has 1 aromatic carbocycles. The number of likely N-dealkylation sites (tertiary alicyclic amines) is 1. The van der Waals surface area contributed by atoms with Gasteiger partial charge in [0.05, 0.1) is 20.3 Å². The molecule has 0 radical (unpaired) electrons. The van der Waals surface area contributed by atoms with Crippen LogP contribution in [0.5, 0.6) is 11.5 Å². The molecule has 2 aromatic rings. The SMILES string of the molecule is COc1ccc([C@H]2CCCN2C(=O)Cn2cccn2)cc1OC. The molecule has 0 N–H and O–H groups in total. The number of nitrogens with zero attached hydrogens (tertiary/aromatic N) is 3. The highest BCUT2D eigenvalue weighted by molar-refractivity contribution is 5.76. The fourth-order valence-electron chi connectivity index (χ4n) is 3.10. The summed E-state index contributed by atoms with van der Waals surface area (Å²) in [5, 5.41) is 4.11. The van der Waals surface area contributed by atoms with Gasteiger partial charge >= 0.3 is 0 Å². The van der Waals surface area contributed by atoms with E-state index in [0.717, 1.165) is 24.9 Å². The van der Waals surface area contributed by atoms with Crippen LogP contribution in [0, 0.1) is 0 Å². The van der Waals surface area contributed by atoms with E-state index in [1.54, 1.807) is 31.3 Å². The van der Waals surface area contributed by atoms with Crippen LogP contribution in [-0.2, 0) is 11.3 Å². The van der Waals surface area contributed by atoms with E-state index in [0.29, 0.717) is 11.5 Å². The van der Waals surface area contributed by atoms with E-state index in [9.17, 15) is 4.79 Å². The molecule has 23 heavy (non-hydrogen) atoms. The molecule has 0 spiro atoms. The lowest BCUT2D eigenvalue weighted by atomic mass is 10.0. The molecular weight excluding hydrogens is 294 g/mol. The van der Waals surface area contributed by atoms with Crippen molar-refractivity contribution in [2.45, 2.75) is 25.4 Å². The van der Waals surface area contributed by atoms with Crippen LogP contribution in [0.3, 0.4) is 0 Å². The van der Waals surface area contributed by atoms with Crippen LogP contribution in [0.25, 0.3) is 0 Å². The summed E-state index contributed by atoms with van der Waals surface area (Å²) in [6.07, 6.45) is 5.45. The minimum absolute atomic E-state index is 0.0814. The Kier molecular flexibility index (Phi) is 4.50. The number of hydrogen-bond donors (Lipinski definition) is 0. The van der Waals surface area contributed by atoms with Crippen LogP contribution in [0.4, 0.5) is 0 Å². The molecular formula is C17H21N3O3. The molecule has 1 aliphatic heterocycles. The van der Waals surface area contributed by atoms with E-state index < -0.39 is 0 Å². The highest BCUT2D eigenvalue weighted by Gasteiger charge is 2.30. The minimum atomic E-state index is 0.0814. The van der Waals surface area contributed by atoms with Crippen molar-refractivity contribution in [3.8, 4) is 11.5 Å². The van der Waals surface area contributed by atoms with Gasteiger partial charge in [0, 0.05) is 18.9 Å². The zero-order chi connectivity index (χ0) is 16.2. The third kappa shape index (κ3) is 3.16. The quantitative estimate of drug-likeness (QED) is 0.849. The Balaban J connectivity index is 1.79. The van der Waals surface area contributed by atoms with Crippen LogP contribution in [-0.4, -0.2) is 41.4 Å². The van der Waals surface area contributed by atoms with Gasteiger partial charge in [-0.15, -0.1) is 0 Å². The van der Waals surface area contributed by atoms with E-state index in [-0.39, 0.29) is 18.5 Å². The van der Waals surface area contributed by atoms with Gasteiger partial charge in [-0.3, -0.25) is 9.48 Å². The summed E-state index contributed by atoms with van der Waals surface area (Å²) in [7, 11) is 3.24. The molecule has 1 fully saturated rings. The molecule has 0 unspecified atom stereocenters. The maximum Gasteiger partial charge on any atom is 0.244 e. The van der Waals surface area contributed by atoms with Crippen molar-refractivity contribution in [1.29, 1.82) is 0 Å². The number of benzene rings is 1. The second-order valence-electron chi connectivity index (χ2n) is 5.56. The molecule has 1 amide bonds. The molecule has 1 aliphatic rings. The highest BCUT2D eigenvalue weighted by Crippen LogP contribution is 2.36. The van der Waals surface area contributed by atoms with Crippen LogP contribution in [0.1, 0.15) is 24.4 Å². The fourth-order valence-corrected chi connectivity index (χ4v) is 3.10. The second-order valence-corrected chi connectivity index (χ2v) is 5.56. The summed E-state index contributed by atoms with van der Waals surface area (Å²) in [6, 6.07) is 7.76. The Morgan fingerprint density at radius 2 is 2.13 bits per heavy atom. The van der Waals surface area contributed by atoms with Gasteiger partial charge in [0.2, 0.25) is 5.91 Å². The third-order valence-electron chi connectivity index (χ3n) is 4.22. The van der Waals surface area contributed by atoms with E-state index in [1.165, 1.54) is 0 Å². The third-order valence-corrected chi connectivity index (χ3v) is 4.22. The number of aromatic nitrogens is 2. The smallest absolute Gasteiger partial charge is 0.244 e. The number of amides is 1. The molecule has 0 saturated carbocycles. The largest absolute Gasteiger partial charge is 0.493 e. The van der Waals surface area contributed by atoms with Gasteiger partial charge in [-0.2, -0.15) is 5.10 Å². The number of hydrogen-bond acceptors (Lipinski definition) is 4. The molecule has 122 valence electrons. The Hall–Kier alpha value is -2.50. The molecule has 0 aliphatic carbocycles. The first kappa shape index (κ1) is 15.4. The van der Waals surface area contributed by atoms with Gasteiger partial charge in [-0.05, 0) is 36.6 Å². The predicted molar refractivity (Wildman–Crippen MR) is 85.5 cm³/mol. The number of carbonyl (C=O) groups excluding carboxylic acids is 1. The molecule has 3 rings (SSSR count). The first-order valence-corrected chi connectivity index (χ1v) is 7.71. The first-order valence-electron chi connectivity index (χ1n) is 7.71. The lowest BCUT2D eigenvalue weighted by Gasteiger charge is -2.25. The van der Waals surface area contributed by atoms with Crippen LogP contribution in [0.2, 0.25) is 0 Å². The molecule has 1 atom stereocenters. The van der Waals surface area contributed by atoms with E-state index >= 15 is 0 Å². The highest BCUT2D eigenvalue weighted by atomic mass is 16.5. The normalized spacial score (nSPS) is 17.3. The maximum atomic E-state index is 12.6. The van der Waals surface area contributed by atoms with Crippen LogP contribution >= 0.6 is 0 Å². The number of rotatable bonds is 5. The van der Waals surface area contributed by atoms with Gasteiger partial charge in [0.25, 0.3) is 0 Å². The van der Waals surface area contributed by atoms with Gasteiger partial charge in [0.1, 0.15) is 6.54 Å². The maximum absolute atomic E-state index is 12.6. The first-order chi connectivity index (χ1) is 11.2. The van der Waals surface area contributed by atoms with Crippen molar-refractivity contribution in [2.24, 2.45) is 0 Å². The zero-order valence-corrected chi connectivity index (χ0v) is 13.4. The summed E-state index contributed by atoms with van der Waals surface area (Å²) in [6.45, 7) is 1.05. The van der Waals surface area contributed by atoms with Crippen LogP contribution in [0.15, 0.2) is 36.7 Å². The van der Waals surface area contributed by atoms with Crippen molar-refractivity contribution >= 4 is 5.91 Å². The van der Waals surface area contributed by atoms with Crippen molar-refractivity contribution in [3.05, 3.63) is 42.2 Å². The van der Waals surface area contributed by atoms with Gasteiger partial charge in [-0.1, -0.05) is 6.07 Å². The Morgan fingerprint density at radius 3 is 2.83 bits per heavy atom. The van der Waals surface area contributed by atoms with Crippen LogP contribution < -0.4 is 9.47 Å². The average Bonchev–Trinajstić information content (AvgIpc) is 3.25. The minimum Gasteiger partial charge on any atom is -0.493 e. The summed E-state index contributed by atoms with van der Waals surface area (Å²) in [5.74, 6) is 1.48. The molecule has 0 bridgehead atoms. The van der Waals surface area contributed by atoms with Gasteiger partial charge < -0.3 is 14.4 Å². The van der Waals surface area contributed by atoms with Gasteiger partial charge in [0.15, 0.2) is 11.5 Å². The number of carbonyl (C=O) groups is 1. The fraction of sp³-hybridized carbons (Fsp3) is 0.412. The average molecular weight is 315 g/mol. The van der Waals surface area contributed by atoms with Crippen molar-refractivity contribution in [2.75, 3.05) is 20.8 Å². The van der Waals surface area contributed by atoms with Crippen molar-refractivity contribution in [3.63, 3.8) is 0 Å². The molecule has 1 aromatic heterocycles. The number of ether oxygens (including phenoxy) is 2. The van der Waals surface area contributed by atoms with E-state index in [2.05, 4.69) is 5.10 Å². The summed E-state index contributed by atoms with van der Waals surface area (Å²) < 4.78 is 12.3. The summed E-state index contributed by atoms with van der Waals surface area (Å²) in [5.41, 5.74) is 1.08. The predicted octanol–water partition coefficient (Wildman–Crippen LogP) is 2.26. The van der Waals surface area contributed by atoms with Crippen molar-refractivity contribution in [1.82, 2.24) is 14.7 Å². The summed E-state index contributed by atoms with van der Waals surface area (Å²) >= 11 is 0. The molecule has 1 saturated heterocycles. The number of methoxy groups -OCH3 is 2. The second kappa shape index (κ2) is 6.73. The molecule has 2 heterocycles. The monoisotopic (exact) mass is 315 g/mol. The van der Waals surface area contributed by atoms with Crippen molar-refractivity contribution < 1.29 is 14.3 Å². The zero-order valence-electron chi connectivity index (χ0n) is 13.4. The lowest BCUT2D eigenvalue weighted by molar-refractivity contribution is -0.133. The van der Waals surface area contributed by atoms with Gasteiger partial charge in [-0.25, -0.2) is 0 Å². The molecule has 6 heteroatoms. The van der Waals surface area contributed by atoms with E-state index in [1.807, 2.05) is 29.2 Å².